The van der Waals surface area contributed by atoms with E-state index < -0.39 is 0 Å². The van der Waals surface area contributed by atoms with E-state index in [9.17, 15) is 0 Å². The largest absolute Gasteiger partial charge is 0.454 e. The first-order valence-electron chi connectivity index (χ1n) is 4.04. The van der Waals surface area contributed by atoms with Crippen LogP contribution in [-0.2, 0) is 6.42 Å². The third kappa shape index (κ3) is 1.77. The van der Waals surface area contributed by atoms with Crippen molar-refractivity contribution in [2.45, 2.75) is 19.3 Å². The maximum atomic E-state index is 5.46. The zero-order valence-electron chi connectivity index (χ0n) is 6.65. The molecule has 0 atom stereocenters. The quantitative estimate of drug-likeness (QED) is 0.774. The highest BCUT2D eigenvalue weighted by Gasteiger charge is 2.42. The first-order chi connectivity index (χ1) is 5.74. The van der Waals surface area contributed by atoms with Gasteiger partial charge in [0.2, 0.25) is 0 Å². The second-order valence-electron chi connectivity index (χ2n) is 3.52. The van der Waals surface area contributed by atoms with Crippen LogP contribution in [0.25, 0.3) is 0 Å². The number of rotatable bonds is 3. The van der Waals surface area contributed by atoms with Crippen molar-refractivity contribution in [1.29, 1.82) is 0 Å². The average molecular weight is 294 g/mol. The monoisotopic (exact) mass is 292 g/mol. The predicted molar refractivity (Wildman–Crippen MR) is 55.6 cm³/mol. The van der Waals surface area contributed by atoms with E-state index >= 15 is 0 Å². The van der Waals surface area contributed by atoms with Gasteiger partial charge in [-0.2, -0.15) is 0 Å². The first kappa shape index (κ1) is 8.82. The molecule has 1 aromatic rings. The van der Waals surface area contributed by atoms with Crippen molar-refractivity contribution in [3.05, 3.63) is 22.6 Å². The Balaban J connectivity index is 2.04. The highest BCUT2D eigenvalue weighted by molar-refractivity contribution is 9.10. The predicted octanol–water partition coefficient (Wildman–Crippen LogP) is 3.76. The normalized spacial score (nSPS) is 19.5. The van der Waals surface area contributed by atoms with E-state index in [1.165, 1.54) is 12.8 Å². The van der Waals surface area contributed by atoms with E-state index in [2.05, 4.69) is 31.9 Å². The third-order valence-electron chi connectivity index (χ3n) is 2.42. The summed E-state index contributed by atoms with van der Waals surface area (Å²) < 4.78 is 6.29. The molecule has 1 nitrogen and oxygen atoms in total. The van der Waals surface area contributed by atoms with Gasteiger partial charge < -0.3 is 4.42 Å². The second kappa shape index (κ2) is 3.18. The summed E-state index contributed by atoms with van der Waals surface area (Å²) in [4.78, 5) is 0. The molecule has 0 bridgehead atoms. The van der Waals surface area contributed by atoms with E-state index in [0.717, 1.165) is 22.2 Å². The lowest BCUT2D eigenvalue weighted by Gasteiger charge is -2.07. The van der Waals surface area contributed by atoms with Gasteiger partial charge in [-0.15, -0.1) is 0 Å². The Bertz CT molecular complexity index is 276. The highest BCUT2D eigenvalue weighted by Crippen LogP contribution is 2.49. The number of halogens is 2. The SMILES string of the molecule is BrCC1(Cc2ccc(Br)o2)CC1. The first-order valence-corrected chi connectivity index (χ1v) is 5.96. The van der Waals surface area contributed by atoms with Crippen molar-refractivity contribution < 1.29 is 4.42 Å². The molecule has 66 valence electrons. The summed E-state index contributed by atoms with van der Waals surface area (Å²) in [6.45, 7) is 0. The Morgan fingerprint density at radius 3 is 2.58 bits per heavy atom. The zero-order valence-corrected chi connectivity index (χ0v) is 9.82. The van der Waals surface area contributed by atoms with Gasteiger partial charge in [-0.3, -0.25) is 0 Å². The summed E-state index contributed by atoms with van der Waals surface area (Å²) in [7, 11) is 0. The van der Waals surface area contributed by atoms with Crippen LogP contribution in [0.2, 0.25) is 0 Å². The number of hydrogen-bond acceptors (Lipinski definition) is 1. The van der Waals surface area contributed by atoms with Gasteiger partial charge in [-0.1, -0.05) is 15.9 Å². The van der Waals surface area contributed by atoms with Crippen LogP contribution in [-0.4, -0.2) is 5.33 Å². The molecule has 1 aliphatic rings. The lowest BCUT2D eigenvalue weighted by Crippen LogP contribution is -2.05. The molecule has 0 amide bonds. The minimum atomic E-state index is 0.511. The minimum absolute atomic E-state index is 0.511. The third-order valence-corrected chi connectivity index (χ3v) is 4.03. The molecule has 0 aromatic carbocycles. The van der Waals surface area contributed by atoms with E-state index in [-0.39, 0.29) is 0 Å². The molecule has 0 N–H and O–H groups in total. The molecular weight excluding hydrogens is 284 g/mol. The smallest absolute Gasteiger partial charge is 0.169 e. The molecule has 0 spiro atoms. The van der Waals surface area contributed by atoms with Gasteiger partial charge in [0.1, 0.15) is 5.76 Å². The number of hydrogen-bond donors (Lipinski definition) is 0. The Morgan fingerprint density at radius 2 is 2.17 bits per heavy atom. The van der Waals surface area contributed by atoms with Gasteiger partial charge in [-0.25, -0.2) is 0 Å². The zero-order chi connectivity index (χ0) is 8.60. The Kier molecular flexibility index (Phi) is 2.34. The molecule has 3 heteroatoms. The van der Waals surface area contributed by atoms with Crippen LogP contribution in [0.1, 0.15) is 18.6 Å². The summed E-state index contributed by atoms with van der Waals surface area (Å²) in [6.07, 6.45) is 3.73. The Morgan fingerprint density at radius 1 is 1.42 bits per heavy atom. The van der Waals surface area contributed by atoms with E-state index in [1.807, 2.05) is 12.1 Å². The summed E-state index contributed by atoms with van der Waals surface area (Å²) in [5, 5.41) is 1.10. The van der Waals surface area contributed by atoms with E-state index in [0.29, 0.717) is 5.41 Å². The minimum Gasteiger partial charge on any atom is -0.454 e. The fraction of sp³-hybridized carbons (Fsp3) is 0.556. The fourth-order valence-electron chi connectivity index (χ4n) is 1.35. The molecule has 1 aromatic heterocycles. The summed E-state index contributed by atoms with van der Waals surface area (Å²) >= 11 is 6.85. The lowest BCUT2D eigenvalue weighted by molar-refractivity contribution is 0.439. The molecule has 0 aliphatic heterocycles. The summed E-state index contributed by atoms with van der Waals surface area (Å²) in [5.74, 6) is 1.10. The van der Waals surface area contributed by atoms with Gasteiger partial charge in [0.15, 0.2) is 4.67 Å². The van der Waals surface area contributed by atoms with Crippen LogP contribution in [0, 0.1) is 5.41 Å². The van der Waals surface area contributed by atoms with Crippen molar-refractivity contribution in [3.8, 4) is 0 Å². The van der Waals surface area contributed by atoms with Gasteiger partial charge in [0.05, 0.1) is 0 Å². The van der Waals surface area contributed by atoms with Gasteiger partial charge in [0, 0.05) is 11.8 Å². The molecule has 0 unspecified atom stereocenters. The van der Waals surface area contributed by atoms with Crippen molar-refractivity contribution in [3.63, 3.8) is 0 Å². The molecule has 0 radical (unpaired) electrons. The van der Waals surface area contributed by atoms with Crippen molar-refractivity contribution >= 4 is 31.9 Å². The summed E-state index contributed by atoms with van der Waals surface area (Å²) in [5.41, 5.74) is 0.511. The molecule has 12 heavy (non-hydrogen) atoms. The van der Waals surface area contributed by atoms with Crippen LogP contribution in [0.15, 0.2) is 21.2 Å². The van der Waals surface area contributed by atoms with Crippen molar-refractivity contribution in [1.82, 2.24) is 0 Å². The maximum Gasteiger partial charge on any atom is 0.169 e. The molecular formula is C9H10Br2O. The highest BCUT2D eigenvalue weighted by atomic mass is 79.9. The van der Waals surface area contributed by atoms with Gasteiger partial charge in [-0.05, 0) is 46.3 Å². The van der Waals surface area contributed by atoms with Crippen LogP contribution in [0.3, 0.4) is 0 Å². The molecule has 0 saturated heterocycles. The second-order valence-corrected chi connectivity index (χ2v) is 4.86. The average Bonchev–Trinajstić information content (AvgIpc) is 2.71. The van der Waals surface area contributed by atoms with Gasteiger partial charge >= 0.3 is 0 Å². The van der Waals surface area contributed by atoms with Crippen LogP contribution >= 0.6 is 31.9 Å². The molecule has 1 heterocycles. The molecule has 1 fully saturated rings. The van der Waals surface area contributed by atoms with Gasteiger partial charge in [0.25, 0.3) is 0 Å². The van der Waals surface area contributed by atoms with Crippen LogP contribution in [0.4, 0.5) is 0 Å². The fourth-order valence-corrected chi connectivity index (χ4v) is 2.45. The molecule has 1 saturated carbocycles. The molecule has 2 rings (SSSR count). The number of alkyl halides is 1. The lowest BCUT2D eigenvalue weighted by atomic mass is 10.0. The standard InChI is InChI=1S/C9H10Br2O/c10-6-9(3-4-9)5-7-1-2-8(11)12-7/h1-2H,3-6H2. The van der Waals surface area contributed by atoms with Crippen LogP contribution in [0.5, 0.6) is 0 Å². The summed E-state index contributed by atoms with van der Waals surface area (Å²) in [6, 6.07) is 4.01. The Labute approximate surface area is 88.8 Å². The van der Waals surface area contributed by atoms with Crippen molar-refractivity contribution in [2.75, 3.05) is 5.33 Å². The topological polar surface area (TPSA) is 13.1 Å². The number of furan rings is 1. The Hall–Kier alpha value is 0.240. The molecule has 1 aliphatic carbocycles. The van der Waals surface area contributed by atoms with E-state index in [4.69, 9.17) is 4.42 Å². The van der Waals surface area contributed by atoms with Crippen LogP contribution < -0.4 is 0 Å². The maximum absolute atomic E-state index is 5.46. The van der Waals surface area contributed by atoms with E-state index in [1.54, 1.807) is 0 Å². The van der Waals surface area contributed by atoms with Crippen molar-refractivity contribution in [2.24, 2.45) is 5.41 Å².